The largest absolute Gasteiger partial charge is 0.495 e. The van der Waals surface area contributed by atoms with Crippen LogP contribution in [0.3, 0.4) is 0 Å². The fourth-order valence-electron chi connectivity index (χ4n) is 3.39. The minimum Gasteiger partial charge on any atom is -0.495 e. The van der Waals surface area contributed by atoms with Crippen LogP contribution in [-0.2, 0) is 19.6 Å². The number of hydrogen-bond donors (Lipinski definition) is 2. The molecule has 8 heteroatoms. The van der Waals surface area contributed by atoms with Gasteiger partial charge in [-0.25, -0.2) is 8.42 Å². The monoisotopic (exact) mass is 468 g/mol. The van der Waals surface area contributed by atoms with E-state index in [-0.39, 0.29) is 11.5 Å². The van der Waals surface area contributed by atoms with E-state index in [0.717, 1.165) is 5.56 Å². The van der Waals surface area contributed by atoms with Gasteiger partial charge in [0.15, 0.2) is 0 Å². The number of rotatable bonds is 10. The molecule has 2 atom stereocenters. The van der Waals surface area contributed by atoms with E-state index < -0.39 is 28.1 Å². The minimum atomic E-state index is -4.02. The molecule has 0 saturated carbocycles. The van der Waals surface area contributed by atoms with Gasteiger partial charge in [0, 0.05) is 0 Å². The van der Waals surface area contributed by atoms with Gasteiger partial charge in [-0.2, -0.15) is 4.72 Å². The van der Waals surface area contributed by atoms with E-state index in [1.165, 1.54) is 12.1 Å². The highest BCUT2D eigenvalue weighted by atomic mass is 32.2. The lowest BCUT2D eigenvalue weighted by Crippen LogP contribution is -2.48. The van der Waals surface area contributed by atoms with Crippen LogP contribution in [0.1, 0.15) is 24.1 Å². The van der Waals surface area contributed by atoms with Gasteiger partial charge in [0.1, 0.15) is 11.8 Å². The van der Waals surface area contributed by atoms with Gasteiger partial charge in [-0.1, -0.05) is 60.2 Å². The van der Waals surface area contributed by atoms with Crippen molar-refractivity contribution in [3.8, 4) is 5.75 Å². The molecule has 0 saturated heterocycles. The lowest BCUT2D eigenvalue weighted by atomic mass is 9.99. The van der Waals surface area contributed by atoms with Gasteiger partial charge in [-0.05, 0) is 43.7 Å². The summed E-state index contributed by atoms with van der Waals surface area (Å²) in [6.07, 6.45) is 0. The van der Waals surface area contributed by atoms with Gasteiger partial charge in [0.25, 0.3) is 0 Å². The molecule has 0 spiro atoms. The third-order valence-corrected chi connectivity index (χ3v) is 6.52. The number of benzene rings is 3. The number of nitrogens with one attached hydrogen (secondary N) is 2. The molecule has 0 aliphatic carbocycles. The molecular weight excluding hydrogens is 440 g/mol. The van der Waals surface area contributed by atoms with Crippen molar-refractivity contribution in [1.29, 1.82) is 0 Å². The summed E-state index contributed by atoms with van der Waals surface area (Å²) in [7, 11) is -2.48. The highest BCUT2D eigenvalue weighted by molar-refractivity contribution is 7.89. The molecule has 0 aromatic heterocycles. The van der Waals surface area contributed by atoms with Crippen LogP contribution < -0.4 is 14.8 Å². The molecule has 0 fully saturated rings. The molecule has 33 heavy (non-hydrogen) atoms. The van der Waals surface area contributed by atoms with Crippen LogP contribution in [0, 0.1) is 6.92 Å². The number of esters is 1. The fraction of sp³-hybridized carbons (Fsp3) is 0.240. The predicted octanol–water partition coefficient (Wildman–Crippen LogP) is 4.07. The first-order chi connectivity index (χ1) is 15.9. The molecule has 0 aliphatic heterocycles. The molecule has 174 valence electrons. The highest BCUT2D eigenvalue weighted by Crippen LogP contribution is 2.30. The number of para-hydroxylation sites is 2. The fourth-order valence-corrected chi connectivity index (χ4v) is 4.58. The summed E-state index contributed by atoms with van der Waals surface area (Å²) in [5, 5.41) is 3.28. The molecule has 0 amide bonds. The lowest BCUT2D eigenvalue weighted by Gasteiger charge is -2.29. The zero-order valence-electron chi connectivity index (χ0n) is 18.8. The van der Waals surface area contributed by atoms with Gasteiger partial charge < -0.3 is 14.8 Å². The summed E-state index contributed by atoms with van der Waals surface area (Å²) in [6, 6.07) is 20.7. The second kappa shape index (κ2) is 11.0. The minimum absolute atomic E-state index is 0.0616. The van der Waals surface area contributed by atoms with Crippen molar-refractivity contribution < 1.29 is 22.7 Å². The lowest BCUT2D eigenvalue weighted by molar-refractivity contribution is -0.145. The first-order valence-corrected chi connectivity index (χ1v) is 12.0. The predicted molar refractivity (Wildman–Crippen MR) is 128 cm³/mol. The van der Waals surface area contributed by atoms with Gasteiger partial charge in [-0.15, -0.1) is 0 Å². The van der Waals surface area contributed by atoms with Crippen molar-refractivity contribution >= 4 is 21.7 Å². The summed E-state index contributed by atoms with van der Waals surface area (Å²) in [6.45, 7) is 3.65. The SMILES string of the molecule is CCOC(=O)[C@H](NS(=O)(=O)c1ccc(C)cc1)[C@@H](Nc1ccccc1OC)c1ccccc1. The van der Waals surface area contributed by atoms with Crippen molar-refractivity contribution in [2.45, 2.75) is 30.8 Å². The van der Waals surface area contributed by atoms with E-state index >= 15 is 0 Å². The molecule has 3 aromatic rings. The second-order valence-corrected chi connectivity index (χ2v) is 9.11. The third kappa shape index (κ3) is 6.12. The summed E-state index contributed by atoms with van der Waals surface area (Å²) >= 11 is 0. The first kappa shape index (κ1) is 24.3. The Kier molecular flexibility index (Phi) is 8.08. The van der Waals surface area contributed by atoms with Crippen LogP contribution in [0.25, 0.3) is 0 Å². The molecule has 3 aromatic carbocycles. The Labute approximate surface area is 194 Å². The normalized spacial score (nSPS) is 13.1. The Balaban J connectivity index is 2.06. The van der Waals surface area contributed by atoms with Crippen molar-refractivity contribution in [2.24, 2.45) is 0 Å². The van der Waals surface area contributed by atoms with E-state index in [1.54, 1.807) is 38.3 Å². The summed E-state index contributed by atoms with van der Waals surface area (Å²) in [5.41, 5.74) is 2.24. The van der Waals surface area contributed by atoms with Crippen LogP contribution in [0.4, 0.5) is 5.69 Å². The number of ether oxygens (including phenoxy) is 2. The summed E-state index contributed by atoms with van der Waals surface area (Å²) in [4.78, 5) is 13.1. The molecule has 7 nitrogen and oxygen atoms in total. The van der Waals surface area contributed by atoms with Crippen molar-refractivity contribution in [2.75, 3.05) is 19.0 Å². The molecule has 0 unspecified atom stereocenters. The maximum Gasteiger partial charge on any atom is 0.326 e. The molecular formula is C25H28N2O5S. The molecule has 0 heterocycles. The van der Waals surface area contributed by atoms with Gasteiger partial charge >= 0.3 is 5.97 Å². The van der Waals surface area contributed by atoms with Gasteiger partial charge in [0.2, 0.25) is 10.0 Å². The highest BCUT2D eigenvalue weighted by Gasteiger charge is 2.35. The number of aryl methyl sites for hydroxylation is 1. The standard InChI is InChI=1S/C25H28N2O5S/c1-4-32-25(28)24(27-33(29,30)20-16-14-18(2)15-17-20)23(19-10-6-5-7-11-19)26-21-12-8-9-13-22(21)31-3/h5-17,23-24,26-27H,4H2,1-3H3/t23-,24+/m0/s1. The summed E-state index contributed by atoms with van der Waals surface area (Å²) < 4.78 is 39.7. The van der Waals surface area contributed by atoms with Crippen LogP contribution in [0.2, 0.25) is 0 Å². The topological polar surface area (TPSA) is 93.7 Å². The van der Waals surface area contributed by atoms with Crippen LogP contribution in [0.15, 0.2) is 83.8 Å². The second-order valence-electron chi connectivity index (χ2n) is 7.40. The smallest absolute Gasteiger partial charge is 0.326 e. The number of hydrogen-bond acceptors (Lipinski definition) is 6. The molecule has 2 N–H and O–H groups in total. The number of carbonyl (C=O) groups is 1. The summed E-state index contributed by atoms with van der Waals surface area (Å²) in [5.74, 6) is -0.133. The Hall–Kier alpha value is -3.36. The van der Waals surface area contributed by atoms with Crippen molar-refractivity contribution in [3.63, 3.8) is 0 Å². The number of carbonyl (C=O) groups excluding carboxylic acids is 1. The van der Waals surface area contributed by atoms with E-state index in [2.05, 4.69) is 10.0 Å². The van der Waals surface area contributed by atoms with Gasteiger partial charge in [-0.3, -0.25) is 4.79 Å². The third-order valence-electron chi connectivity index (χ3n) is 5.06. The molecule has 0 bridgehead atoms. The van der Waals surface area contributed by atoms with E-state index in [9.17, 15) is 13.2 Å². The zero-order valence-corrected chi connectivity index (χ0v) is 19.6. The molecule has 0 aliphatic rings. The van der Waals surface area contributed by atoms with Crippen LogP contribution in [0.5, 0.6) is 5.75 Å². The Morgan fingerprint density at radius 3 is 2.21 bits per heavy atom. The van der Waals surface area contributed by atoms with Crippen LogP contribution in [-0.4, -0.2) is 34.1 Å². The quantitative estimate of drug-likeness (QED) is 0.436. The van der Waals surface area contributed by atoms with Crippen molar-refractivity contribution in [1.82, 2.24) is 4.72 Å². The molecule has 3 rings (SSSR count). The average Bonchev–Trinajstić information content (AvgIpc) is 2.82. The van der Waals surface area contributed by atoms with Crippen molar-refractivity contribution in [3.05, 3.63) is 90.0 Å². The Bertz CT molecular complexity index is 1160. The zero-order chi connectivity index (χ0) is 23.8. The maximum absolute atomic E-state index is 13.2. The Morgan fingerprint density at radius 1 is 0.939 bits per heavy atom. The number of anilines is 1. The average molecular weight is 469 g/mol. The van der Waals surface area contributed by atoms with Gasteiger partial charge in [0.05, 0.1) is 30.3 Å². The van der Waals surface area contributed by atoms with E-state index in [0.29, 0.717) is 17.0 Å². The maximum atomic E-state index is 13.2. The molecule has 0 radical (unpaired) electrons. The number of sulfonamides is 1. The van der Waals surface area contributed by atoms with Crippen LogP contribution >= 0.6 is 0 Å². The van der Waals surface area contributed by atoms with E-state index in [4.69, 9.17) is 9.47 Å². The van der Waals surface area contributed by atoms with E-state index in [1.807, 2.05) is 49.4 Å². The number of methoxy groups -OCH3 is 1. The first-order valence-electron chi connectivity index (χ1n) is 10.6. The Morgan fingerprint density at radius 2 is 1.58 bits per heavy atom.